The Morgan fingerprint density at radius 3 is 2.79 bits per heavy atom. The van der Waals surface area contributed by atoms with Gasteiger partial charge in [0.15, 0.2) is 5.65 Å². The molecular formula is C19H21FN6O3. The number of fused-ring (bicyclic) bond motifs is 1. The van der Waals surface area contributed by atoms with Crippen molar-refractivity contribution in [2.75, 3.05) is 19.0 Å². The number of aliphatic hydroxyl groups is 2. The van der Waals surface area contributed by atoms with E-state index >= 15 is 0 Å². The SMILES string of the molecule is CNc1cc(F)ccc1C(=N)c1cnc2[nH]cc(C(=O)NC(CO)C(C)O)c2n1. The van der Waals surface area contributed by atoms with Gasteiger partial charge in [0.25, 0.3) is 5.91 Å². The van der Waals surface area contributed by atoms with Crippen LogP contribution in [0.25, 0.3) is 11.2 Å². The number of nitrogens with one attached hydrogen (secondary N) is 4. The van der Waals surface area contributed by atoms with E-state index < -0.39 is 30.5 Å². The van der Waals surface area contributed by atoms with Gasteiger partial charge in [-0.3, -0.25) is 10.2 Å². The summed E-state index contributed by atoms with van der Waals surface area (Å²) in [5, 5.41) is 32.7. The first kappa shape index (κ1) is 20.4. The Morgan fingerprint density at radius 2 is 2.14 bits per heavy atom. The molecule has 152 valence electrons. The maximum absolute atomic E-state index is 13.5. The molecule has 6 N–H and O–H groups in total. The number of rotatable bonds is 7. The molecule has 0 radical (unpaired) electrons. The second-order valence-corrected chi connectivity index (χ2v) is 6.47. The number of hydrogen-bond donors (Lipinski definition) is 6. The zero-order valence-corrected chi connectivity index (χ0v) is 15.8. The van der Waals surface area contributed by atoms with Gasteiger partial charge in [-0.05, 0) is 25.1 Å². The van der Waals surface area contributed by atoms with E-state index in [9.17, 15) is 19.4 Å². The van der Waals surface area contributed by atoms with Crippen LogP contribution < -0.4 is 10.6 Å². The van der Waals surface area contributed by atoms with Crippen LogP contribution in [0.1, 0.15) is 28.5 Å². The molecule has 0 fully saturated rings. The quantitative estimate of drug-likeness (QED) is 0.327. The summed E-state index contributed by atoms with van der Waals surface area (Å²) in [5.41, 5.74) is 1.80. The van der Waals surface area contributed by atoms with Crippen LogP contribution in [0.5, 0.6) is 0 Å². The minimum absolute atomic E-state index is 0.00789. The number of amides is 1. The summed E-state index contributed by atoms with van der Waals surface area (Å²) in [6.07, 6.45) is 1.86. The maximum Gasteiger partial charge on any atom is 0.255 e. The number of aromatic nitrogens is 3. The van der Waals surface area contributed by atoms with Crippen LogP contribution in [0, 0.1) is 11.2 Å². The first-order chi connectivity index (χ1) is 13.8. The number of H-pyrrole nitrogens is 1. The monoisotopic (exact) mass is 400 g/mol. The van der Waals surface area contributed by atoms with E-state index in [1.807, 2.05) is 0 Å². The van der Waals surface area contributed by atoms with Crippen LogP contribution in [0.15, 0.2) is 30.6 Å². The predicted octanol–water partition coefficient (Wildman–Crippen LogP) is 1.03. The number of aliphatic hydroxyl groups excluding tert-OH is 2. The minimum atomic E-state index is -0.942. The summed E-state index contributed by atoms with van der Waals surface area (Å²) >= 11 is 0. The lowest BCUT2D eigenvalue weighted by atomic mass is 10.1. The standard InChI is InChI=1S/C19H21FN6O3/c1-9(28)15(8-27)26-19(29)12-6-23-18-17(12)25-14(7-24-18)16(21)11-4-3-10(20)5-13(11)22-2/h3-7,9,15,21-22,27-28H,8H2,1-2H3,(H,23,24)(H,26,29). The molecule has 3 rings (SSSR count). The number of carbonyl (C=O) groups is 1. The third-order valence-electron chi connectivity index (χ3n) is 4.50. The van der Waals surface area contributed by atoms with Gasteiger partial charge in [0.1, 0.15) is 17.0 Å². The van der Waals surface area contributed by atoms with Crippen molar-refractivity contribution in [1.82, 2.24) is 20.3 Å². The van der Waals surface area contributed by atoms with Crippen LogP contribution in [0.3, 0.4) is 0 Å². The third-order valence-corrected chi connectivity index (χ3v) is 4.50. The molecule has 1 amide bonds. The summed E-state index contributed by atoms with van der Waals surface area (Å²) in [5.74, 6) is -0.986. The molecule has 0 saturated carbocycles. The molecule has 1 aromatic carbocycles. The topological polar surface area (TPSA) is 147 Å². The molecule has 9 nitrogen and oxygen atoms in total. The average Bonchev–Trinajstić information content (AvgIpc) is 3.14. The van der Waals surface area contributed by atoms with Crippen molar-refractivity contribution in [2.45, 2.75) is 19.1 Å². The summed E-state index contributed by atoms with van der Waals surface area (Å²) < 4.78 is 13.5. The molecule has 2 atom stereocenters. The first-order valence-corrected chi connectivity index (χ1v) is 8.86. The molecule has 2 heterocycles. The molecule has 0 spiro atoms. The molecule has 3 aromatic rings. The number of benzene rings is 1. The highest BCUT2D eigenvalue weighted by molar-refractivity contribution is 6.14. The van der Waals surface area contributed by atoms with Crippen molar-refractivity contribution in [2.24, 2.45) is 0 Å². The normalized spacial score (nSPS) is 13.1. The lowest BCUT2D eigenvalue weighted by molar-refractivity contribution is 0.0759. The fourth-order valence-electron chi connectivity index (χ4n) is 2.83. The Morgan fingerprint density at radius 1 is 1.38 bits per heavy atom. The highest BCUT2D eigenvalue weighted by atomic mass is 19.1. The number of halogens is 1. The van der Waals surface area contributed by atoms with Crippen LogP contribution in [0.4, 0.5) is 10.1 Å². The van der Waals surface area contributed by atoms with Crippen LogP contribution >= 0.6 is 0 Å². The van der Waals surface area contributed by atoms with E-state index in [4.69, 9.17) is 5.41 Å². The van der Waals surface area contributed by atoms with Gasteiger partial charge in [-0.2, -0.15) is 0 Å². The van der Waals surface area contributed by atoms with Crippen molar-refractivity contribution in [3.63, 3.8) is 0 Å². The number of nitrogens with zero attached hydrogens (tertiary/aromatic N) is 2. The van der Waals surface area contributed by atoms with E-state index in [1.54, 1.807) is 7.05 Å². The zero-order chi connectivity index (χ0) is 21.1. The smallest absolute Gasteiger partial charge is 0.255 e. The highest BCUT2D eigenvalue weighted by Gasteiger charge is 2.22. The highest BCUT2D eigenvalue weighted by Crippen LogP contribution is 2.21. The molecule has 0 saturated heterocycles. The Hall–Kier alpha value is -3.37. The summed E-state index contributed by atoms with van der Waals surface area (Å²) in [6, 6.07) is 3.15. The van der Waals surface area contributed by atoms with E-state index in [0.717, 1.165) is 0 Å². The number of carbonyl (C=O) groups excluding carboxylic acids is 1. The third kappa shape index (κ3) is 4.08. The van der Waals surface area contributed by atoms with Gasteiger partial charge < -0.3 is 25.8 Å². The number of aromatic amines is 1. The fourth-order valence-corrected chi connectivity index (χ4v) is 2.83. The first-order valence-electron chi connectivity index (χ1n) is 8.86. The summed E-state index contributed by atoms with van der Waals surface area (Å²) in [7, 11) is 1.62. The molecule has 29 heavy (non-hydrogen) atoms. The van der Waals surface area contributed by atoms with Gasteiger partial charge in [0, 0.05) is 24.5 Å². The second-order valence-electron chi connectivity index (χ2n) is 6.47. The van der Waals surface area contributed by atoms with Crippen molar-refractivity contribution >= 4 is 28.5 Å². The molecular weight excluding hydrogens is 379 g/mol. The molecule has 0 bridgehead atoms. The van der Waals surface area contributed by atoms with E-state index in [-0.39, 0.29) is 22.5 Å². The van der Waals surface area contributed by atoms with Crippen LogP contribution in [0.2, 0.25) is 0 Å². The number of hydrogen-bond acceptors (Lipinski definition) is 7. The maximum atomic E-state index is 13.5. The summed E-state index contributed by atoms with van der Waals surface area (Å²) in [4.78, 5) is 24.0. The molecule has 0 aliphatic rings. The largest absolute Gasteiger partial charge is 0.394 e. The molecule has 10 heteroatoms. The fraction of sp³-hybridized carbons (Fsp3) is 0.263. The minimum Gasteiger partial charge on any atom is -0.394 e. The van der Waals surface area contributed by atoms with Gasteiger partial charge in [0.05, 0.1) is 36.2 Å². The van der Waals surface area contributed by atoms with E-state index in [0.29, 0.717) is 16.9 Å². The molecule has 2 aromatic heterocycles. The zero-order valence-electron chi connectivity index (χ0n) is 15.8. The van der Waals surface area contributed by atoms with Crippen LogP contribution in [-0.4, -0.2) is 62.6 Å². The van der Waals surface area contributed by atoms with Gasteiger partial charge >= 0.3 is 0 Å². The van der Waals surface area contributed by atoms with Crippen molar-refractivity contribution in [3.05, 3.63) is 53.2 Å². The predicted molar refractivity (Wildman–Crippen MR) is 106 cm³/mol. The lowest BCUT2D eigenvalue weighted by Crippen LogP contribution is -2.44. The Labute approximate surface area is 165 Å². The van der Waals surface area contributed by atoms with Crippen molar-refractivity contribution in [1.29, 1.82) is 5.41 Å². The van der Waals surface area contributed by atoms with Gasteiger partial charge in [-0.15, -0.1) is 0 Å². The van der Waals surface area contributed by atoms with Crippen LogP contribution in [-0.2, 0) is 0 Å². The van der Waals surface area contributed by atoms with E-state index in [2.05, 4.69) is 25.6 Å². The van der Waals surface area contributed by atoms with Gasteiger partial charge in [-0.25, -0.2) is 14.4 Å². The summed E-state index contributed by atoms with van der Waals surface area (Å²) in [6.45, 7) is 1.03. The van der Waals surface area contributed by atoms with Crippen molar-refractivity contribution < 1.29 is 19.4 Å². The van der Waals surface area contributed by atoms with Crippen molar-refractivity contribution in [3.8, 4) is 0 Å². The Kier molecular flexibility index (Phi) is 5.85. The lowest BCUT2D eigenvalue weighted by Gasteiger charge is -2.18. The molecule has 2 unspecified atom stereocenters. The second kappa shape index (κ2) is 8.33. The Bertz CT molecular complexity index is 1070. The Balaban J connectivity index is 1.97. The van der Waals surface area contributed by atoms with Gasteiger partial charge in [-0.1, -0.05) is 0 Å². The van der Waals surface area contributed by atoms with Gasteiger partial charge in [0.2, 0.25) is 0 Å². The molecule has 0 aliphatic heterocycles. The average molecular weight is 400 g/mol. The molecule has 0 aliphatic carbocycles. The van der Waals surface area contributed by atoms with E-state index in [1.165, 1.54) is 37.5 Å². The number of anilines is 1.